The first kappa shape index (κ1) is 23.1. The molecule has 0 heterocycles. The predicted octanol–water partition coefficient (Wildman–Crippen LogP) is 1.85. The number of rotatable bonds is 10. The highest BCUT2D eigenvalue weighted by Gasteiger charge is 2.26. The van der Waals surface area contributed by atoms with Crippen LogP contribution in [0.25, 0.3) is 0 Å². The number of nitro benzene ring substituents is 1. The van der Waals surface area contributed by atoms with E-state index in [-0.39, 0.29) is 37.0 Å². The Morgan fingerprint density at radius 1 is 1.10 bits per heavy atom. The van der Waals surface area contributed by atoms with E-state index in [2.05, 4.69) is 10.3 Å². The van der Waals surface area contributed by atoms with Gasteiger partial charge in [0.25, 0.3) is 0 Å². The van der Waals surface area contributed by atoms with Gasteiger partial charge in [0, 0.05) is 12.6 Å². The lowest BCUT2D eigenvalue weighted by Crippen LogP contribution is -2.43. The highest BCUT2D eigenvalue weighted by molar-refractivity contribution is 5.83. The Morgan fingerprint density at radius 2 is 1.77 bits per heavy atom. The third-order valence-electron chi connectivity index (χ3n) is 4.01. The number of para-hydroxylation sites is 2. The van der Waals surface area contributed by atoms with Crippen molar-refractivity contribution in [3.63, 3.8) is 0 Å². The molecule has 1 atom stereocenters. The van der Waals surface area contributed by atoms with E-state index >= 15 is 0 Å². The number of carbonyl (C=O) groups is 2. The quantitative estimate of drug-likeness (QED) is 0.0976. The summed E-state index contributed by atoms with van der Waals surface area (Å²) in [5.41, 5.74) is 10.9. The van der Waals surface area contributed by atoms with Gasteiger partial charge in [-0.3, -0.25) is 15.1 Å². The summed E-state index contributed by atoms with van der Waals surface area (Å²) >= 11 is 0. The van der Waals surface area contributed by atoms with E-state index in [1.54, 1.807) is 24.3 Å². The van der Waals surface area contributed by atoms with Crippen LogP contribution in [0, 0.1) is 10.1 Å². The molecule has 11 nitrogen and oxygen atoms in total. The Kier molecular flexibility index (Phi) is 8.77. The van der Waals surface area contributed by atoms with Gasteiger partial charge in [-0.05, 0) is 24.5 Å². The van der Waals surface area contributed by atoms with Crippen molar-refractivity contribution in [3.8, 4) is 5.75 Å². The fourth-order valence-corrected chi connectivity index (χ4v) is 2.53. The van der Waals surface area contributed by atoms with Crippen LogP contribution in [0.2, 0.25) is 0 Å². The average Bonchev–Trinajstić information content (AvgIpc) is 2.75. The second-order valence-electron chi connectivity index (χ2n) is 6.35. The molecule has 31 heavy (non-hydrogen) atoms. The van der Waals surface area contributed by atoms with Crippen molar-refractivity contribution in [2.45, 2.75) is 25.5 Å². The molecule has 0 aromatic heterocycles. The fraction of sp³-hybridized carbons (Fsp3) is 0.250. The van der Waals surface area contributed by atoms with Crippen molar-refractivity contribution in [2.75, 3.05) is 6.54 Å². The van der Waals surface area contributed by atoms with Crippen LogP contribution in [-0.2, 0) is 16.1 Å². The molecule has 11 heteroatoms. The monoisotopic (exact) mass is 429 g/mol. The molecule has 2 aromatic carbocycles. The van der Waals surface area contributed by atoms with Gasteiger partial charge in [-0.15, -0.1) is 0 Å². The van der Waals surface area contributed by atoms with E-state index in [1.807, 2.05) is 6.07 Å². The highest BCUT2D eigenvalue weighted by Crippen LogP contribution is 2.26. The molecule has 0 unspecified atom stereocenters. The number of ether oxygens (including phenoxy) is 2. The van der Waals surface area contributed by atoms with Crippen molar-refractivity contribution in [1.29, 1.82) is 0 Å². The molecular formula is C20H23N5O6. The van der Waals surface area contributed by atoms with E-state index in [9.17, 15) is 19.7 Å². The van der Waals surface area contributed by atoms with Crippen LogP contribution in [0.1, 0.15) is 18.4 Å². The minimum Gasteiger partial charge on any atom is -0.445 e. The predicted molar refractivity (Wildman–Crippen MR) is 112 cm³/mol. The first-order valence-corrected chi connectivity index (χ1v) is 9.34. The summed E-state index contributed by atoms with van der Waals surface area (Å²) in [6, 6.07) is 13.3. The summed E-state index contributed by atoms with van der Waals surface area (Å²) < 4.78 is 10.3. The van der Waals surface area contributed by atoms with Gasteiger partial charge >= 0.3 is 17.7 Å². The first-order chi connectivity index (χ1) is 14.9. The molecule has 0 fully saturated rings. The summed E-state index contributed by atoms with van der Waals surface area (Å²) in [7, 11) is 0. The van der Waals surface area contributed by atoms with Crippen LogP contribution in [0.15, 0.2) is 59.6 Å². The molecule has 0 bridgehead atoms. The molecule has 0 aliphatic heterocycles. The number of amides is 1. The Balaban J connectivity index is 2.04. The molecule has 2 rings (SSSR count). The molecule has 0 spiro atoms. The Labute approximate surface area is 178 Å². The molecular weight excluding hydrogens is 406 g/mol. The second kappa shape index (κ2) is 11.8. The minimum absolute atomic E-state index is 0.00655. The van der Waals surface area contributed by atoms with E-state index < -0.39 is 23.0 Å². The highest BCUT2D eigenvalue weighted by atomic mass is 16.6. The Morgan fingerprint density at radius 3 is 2.45 bits per heavy atom. The summed E-state index contributed by atoms with van der Waals surface area (Å²) in [6.07, 6.45) is -0.375. The Bertz CT molecular complexity index is 931. The van der Waals surface area contributed by atoms with Crippen molar-refractivity contribution in [3.05, 3.63) is 70.3 Å². The van der Waals surface area contributed by atoms with Crippen LogP contribution in [0.3, 0.4) is 0 Å². The van der Waals surface area contributed by atoms with Crippen LogP contribution in [-0.4, -0.2) is 35.5 Å². The van der Waals surface area contributed by atoms with Gasteiger partial charge in [0.15, 0.2) is 5.96 Å². The van der Waals surface area contributed by atoms with E-state index in [1.165, 1.54) is 24.3 Å². The molecule has 0 saturated carbocycles. The summed E-state index contributed by atoms with van der Waals surface area (Å²) in [6.45, 7) is 0.227. The number of alkyl carbamates (subject to hydrolysis) is 1. The molecule has 5 N–H and O–H groups in total. The summed E-state index contributed by atoms with van der Waals surface area (Å²) in [5, 5.41) is 13.6. The number of carbonyl (C=O) groups excluding carboxylic acids is 2. The van der Waals surface area contributed by atoms with Gasteiger partial charge in [-0.25, -0.2) is 9.59 Å². The lowest BCUT2D eigenvalue weighted by Gasteiger charge is -2.17. The van der Waals surface area contributed by atoms with Crippen LogP contribution in [0.4, 0.5) is 10.5 Å². The van der Waals surface area contributed by atoms with Crippen molar-refractivity contribution in [1.82, 2.24) is 5.32 Å². The second-order valence-corrected chi connectivity index (χ2v) is 6.35. The average molecular weight is 429 g/mol. The number of aliphatic imine (C=N–C) groups is 1. The normalized spacial score (nSPS) is 11.1. The van der Waals surface area contributed by atoms with Gasteiger partial charge in [0.05, 0.1) is 4.92 Å². The zero-order chi connectivity index (χ0) is 22.6. The standard InChI is InChI=1S/C20H23N5O6/c21-19(22)23-12-6-9-15(24-20(27)30-13-14-7-2-1-3-8-14)18(26)31-17-11-5-4-10-16(17)25(28)29/h1-5,7-8,10-11,15H,6,9,12-13H2,(H,24,27)(H4,21,22,23)/t15-/m0/s1. The number of benzene rings is 2. The van der Waals surface area contributed by atoms with Gasteiger partial charge in [0.1, 0.15) is 12.6 Å². The lowest BCUT2D eigenvalue weighted by atomic mass is 10.1. The number of hydrogen-bond acceptors (Lipinski definition) is 7. The van der Waals surface area contributed by atoms with Crippen molar-refractivity contribution >= 4 is 23.7 Å². The molecule has 164 valence electrons. The number of nitro groups is 1. The molecule has 0 aliphatic rings. The Hall–Kier alpha value is -4.15. The minimum atomic E-state index is -1.13. The summed E-state index contributed by atoms with van der Waals surface area (Å²) in [5.74, 6) is -1.21. The van der Waals surface area contributed by atoms with Gasteiger partial charge < -0.3 is 26.3 Å². The number of nitrogens with zero attached hydrogens (tertiary/aromatic N) is 2. The van der Waals surface area contributed by atoms with Crippen molar-refractivity contribution < 1.29 is 24.0 Å². The molecule has 0 saturated heterocycles. The third kappa shape index (κ3) is 8.01. The molecule has 1 amide bonds. The fourth-order valence-electron chi connectivity index (χ4n) is 2.53. The van der Waals surface area contributed by atoms with Crippen LogP contribution >= 0.6 is 0 Å². The number of nitrogens with two attached hydrogens (primary N) is 2. The number of esters is 1. The molecule has 0 aliphatic carbocycles. The van der Waals surface area contributed by atoms with E-state index in [0.29, 0.717) is 6.42 Å². The molecule has 2 aromatic rings. The largest absolute Gasteiger partial charge is 0.445 e. The first-order valence-electron chi connectivity index (χ1n) is 9.34. The summed E-state index contributed by atoms with van der Waals surface area (Å²) in [4.78, 5) is 39.1. The maximum atomic E-state index is 12.6. The van der Waals surface area contributed by atoms with E-state index in [0.717, 1.165) is 5.56 Å². The zero-order valence-corrected chi connectivity index (χ0v) is 16.6. The number of guanidine groups is 1. The van der Waals surface area contributed by atoms with Gasteiger partial charge in [-0.1, -0.05) is 42.5 Å². The van der Waals surface area contributed by atoms with Gasteiger partial charge in [0.2, 0.25) is 5.75 Å². The maximum absolute atomic E-state index is 12.6. The van der Waals surface area contributed by atoms with Gasteiger partial charge in [-0.2, -0.15) is 0 Å². The lowest BCUT2D eigenvalue weighted by molar-refractivity contribution is -0.385. The van der Waals surface area contributed by atoms with Crippen LogP contribution in [0.5, 0.6) is 5.75 Å². The SMILES string of the molecule is NC(N)=NCCC[C@H](NC(=O)OCc1ccccc1)C(=O)Oc1ccccc1[N+](=O)[O-]. The zero-order valence-electron chi connectivity index (χ0n) is 16.6. The van der Waals surface area contributed by atoms with Crippen LogP contribution < -0.4 is 21.5 Å². The van der Waals surface area contributed by atoms with E-state index in [4.69, 9.17) is 20.9 Å². The topological polar surface area (TPSA) is 172 Å². The third-order valence-corrected chi connectivity index (χ3v) is 4.01. The van der Waals surface area contributed by atoms with Crippen molar-refractivity contribution in [2.24, 2.45) is 16.5 Å². The number of nitrogens with one attached hydrogen (secondary N) is 1. The maximum Gasteiger partial charge on any atom is 0.408 e. The number of hydrogen-bond donors (Lipinski definition) is 3. The molecule has 0 radical (unpaired) electrons. The smallest absolute Gasteiger partial charge is 0.408 e.